The van der Waals surface area contributed by atoms with Gasteiger partial charge in [-0.15, -0.1) is 10.2 Å². The number of ether oxygens (including phenoxy) is 2. The van der Waals surface area contributed by atoms with Crippen LogP contribution in [0.25, 0.3) is 11.3 Å². The number of benzene rings is 2. The van der Waals surface area contributed by atoms with Crippen molar-refractivity contribution < 1.29 is 14.3 Å². The van der Waals surface area contributed by atoms with Crippen LogP contribution in [0.15, 0.2) is 54.6 Å². The summed E-state index contributed by atoms with van der Waals surface area (Å²) in [5.74, 6) is 2.04. The summed E-state index contributed by atoms with van der Waals surface area (Å²) < 4.78 is 11.8. The van der Waals surface area contributed by atoms with Crippen LogP contribution in [0, 0.1) is 0 Å². The quantitative estimate of drug-likeness (QED) is 0.568. The van der Waals surface area contributed by atoms with Gasteiger partial charge in [-0.2, -0.15) is 0 Å². The van der Waals surface area contributed by atoms with Crippen LogP contribution in [0.5, 0.6) is 11.5 Å². The Bertz CT molecular complexity index is 1150. The lowest BCUT2D eigenvalue weighted by Crippen LogP contribution is -2.30. The Kier molecular flexibility index (Phi) is 6.09. The molecule has 0 spiro atoms. The van der Waals surface area contributed by atoms with Crippen molar-refractivity contribution in [1.29, 1.82) is 0 Å². The van der Waals surface area contributed by atoms with Gasteiger partial charge in [-0.1, -0.05) is 24.3 Å². The second-order valence-electron chi connectivity index (χ2n) is 9.52. The molecule has 1 N–H and O–H groups in total. The van der Waals surface area contributed by atoms with Crippen LogP contribution >= 0.6 is 0 Å². The summed E-state index contributed by atoms with van der Waals surface area (Å²) in [6, 6.07) is 17.4. The number of anilines is 2. The standard InChI is InChI=1S/C27H30N4O3/c1-27(2)17-20-7-6-8-23(26(20)34-27)33-18-25(32)28-21-11-9-19(10-12-21)22-13-14-24(30-29-22)31-15-4-3-5-16-31/h6-14H,3-5,15-18H2,1-2H3,(H,28,32). The van der Waals surface area contributed by atoms with Crippen LogP contribution < -0.4 is 19.7 Å². The van der Waals surface area contributed by atoms with E-state index in [-0.39, 0.29) is 18.1 Å². The van der Waals surface area contributed by atoms with Gasteiger partial charge in [0.25, 0.3) is 5.91 Å². The molecule has 1 aromatic heterocycles. The van der Waals surface area contributed by atoms with E-state index in [2.05, 4.69) is 20.4 Å². The molecule has 34 heavy (non-hydrogen) atoms. The number of amides is 1. The molecule has 1 fully saturated rings. The van der Waals surface area contributed by atoms with Gasteiger partial charge in [-0.05, 0) is 63.4 Å². The molecule has 0 atom stereocenters. The number of carbonyl (C=O) groups excluding carboxylic acids is 1. The topological polar surface area (TPSA) is 76.6 Å². The fourth-order valence-corrected chi connectivity index (χ4v) is 4.54. The van der Waals surface area contributed by atoms with Gasteiger partial charge in [-0.3, -0.25) is 4.79 Å². The molecule has 1 amide bonds. The van der Waals surface area contributed by atoms with E-state index in [1.165, 1.54) is 19.3 Å². The molecule has 7 nitrogen and oxygen atoms in total. The molecule has 2 aliphatic rings. The van der Waals surface area contributed by atoms with Crippen LogP contribution in [-0.2, 0) is 11.2 Å². The first-order valence-corrected chi connectivity index (χ1v) is 11.9. The van der Waals surface area contributed by atoms with Crippen molar-refractivity contribution >= 4 is 17.4 Å². The average molecular weight is 459 g/mol. The van der Waals surface area contributed by atoms with E-state index in [1.807, 2.05) is 68.4 Å². The number of rotatable bonds is 6. The number of nitrogens with one attached hydrogen (secondary N) is 1. The van der Waals surface area contributed by atoms with Crippen molar-refractivity contribution in [2.24, 2.45) is 0 Å². The normalized spacial score (nSPS) is 16.5. The van der Waals surface area contributed by atoms with E-state index in [4.69, 9.17) is 9.47 Å². The van der Waals surface area contributed by atoms with Crippen molar-refractivity contribution in [3.05, 3.63) is 60.2 Å². The van der Waals surface area contributed by atoms with Gasteiger partial charge in [0.2, 0.25) is 0 Å². The van der Waals surface area contributed by atoms with E-state index < -0.39 is 0 Å². The predicted octanol–water partition coefficient (Wildman–Crippen LogP) is 4.86. The summed E-state index contributed by atoms with van der Waals surface area (Å²) in [4.78, 5) is 14.7. The Morgan fingerprint density at radius 3 is 2.56 bits per heavy atom. The van der Waals surface area contributed by atoms with E-state index in [9.17, 15) is 4.79 Å². The molecule has 3 heterocycles. The molecule has 176 valence electrons. The summed E-state index contributed by atoms with van der Waals surface area (Å²) >= 11 is 0. The van der Waals surface area contributed by atoms with Gasteiger partial charge in [0, 0.05) is 36.3 Å². The Morgan fingerprint density at radius 2 is 1.82 bits per heavy atom. The van der Waals surface area contributed by atoms with Crippen LogP contribution in [0.2, 0.25) is 0 Å². The maximum Gasteiger partial charge on any atom is 0.262 e. The molecule has 5 rings (SSSR count). The first-order valence-electron chi connectivity index (χ1n) is 11.9. The number of carbonyl (C=O) groups is 1. The second-order valence-corrected chi connectivity index (χ2v) is 9.52. The SMILES string of the molecule is CC1(C)Cc2cccc(OCC(=O)Nc3ccc(-c4ccc(N5CCCCC5)nn4)cc3)c2O1. The first kappa shape index (κ1) is 22.2. The van der Waals surface area contributed by atoms with E-state index in [0.717, 1.165) is 47.9 Å². The number of hydrogen-bond acceptors (Lipinski definition) is 6. The lowest BCUT2D eigenvalue weighted by atomic mass is 10.0. The molecule has 0 radical (unpaired) electrons. The molecular weight excluding hydrogens is 428 g/mol. The highest BCUT2D eigenvalue weighted by Gasteiger charge is 2.32. The van der Waals surface area contributed by atoms with Gasteiger partial charge < -0.3 is 19.7 Å². The highest BCUT2D eigenvalue weighted by atomic mass is 16.5. The van der Waals surface area contributed by atoms with Gasteiger partial charge in [-0.25, -0.2) is 0 Å². The molecule has 3 aromatic rings. The molecule has 0 unspecified atom stereocenters. The van der Waals surface area contributed by atoms with Crippen LogP contribution in [0.3, 0.4) is 0 Å². The third-order valence-corrected chi connectivity index (χ3v) is 6.21. The number of piperidine rings is 1. The van der Waals surface area contributed by atoms with Crippen LogP contribution in [0.4, 0.5) is 11.5 Å². The number of aromatic nitrogens is 2. The largest absolute Gasteiger partial charge is 0.483 e. The Hall–Kier alpha value is -3.61. The maximum atomic E-state index is 12.5. The minimum atomic E-state index is -0.260. The highest BCUT2D eigenvalue weighted by Crippen LogP contribution is 2.41. The summed E-state index contributed by atoms with van der Waals surface area (Å²) in [6.45, 7) is 6.09. The van der Waals surface area contributed by atoms with Crippen molar-refractivity contribution in [1.82, 2.24) is 10.2 Å². The van der Waals surface area contributed by atoms with Gasteiger partial charge in [0.15, 0.2) is 23.9 Å². The summed E-state index contributed by atoms with van der Waals surface area (Å²) in [5.41, 5.74) is 3.30. The van der Waals surface area contributed by atoms with Crippen molar-refractivity contribution in [3.8, 4) is 22.8 Å². The third-order valence-electron chi connectivity index (χ3n) is 6.21. The van der Waals surface area contributed by atoms with Crippen LogP contribution in [-0.4, -0.2) is 41.4 Å². The van der Waals surface area contributed by atoms with Gasteiger partial charge in [0.05, 0.1) is 5.69 Å². The number of fused-ring (bicyclic) bond motifs is 1. The van der Waals surface area contributed by atoms with Crippen molar-refractivity contribution in [2.45, 2.75) is 45.1 Å². The molecular formula is C27H30N4O3. The predicted molar refractivity (Wildman–Crippen MR) is 133 cm³/mol. The highest BCUT2D eigenvalue weighted by molar-refractivity contribution is 5.92. The smallest absolute Gasteiger partial charge is 0.262 e. The second kappa shape index (κ2) is 9.33. The Labute approximate surface area is 200 Å². The molecule has 0 aliphatic carbocycles. The van der Waals surface area contributed by atoms with E-state index in [1.54, 1.807) is 0 Å². The fourth-order valence-electron chi connectivity index (χ4n) is 4.54. The summed E-state index contributed by atoms with van der Waals surface area (Å²) in [7, 11) is 0. The fraction of sp³-hybridized carbons (Fsp3) is 0.370. The molecule has 2 aliphatic heterocycles. The van der Waals surface area contributed by atoms with E-state index >= 15 is 0 Å². The van der Waals surface area contributed by atoms with Crippen LogP contribution in [0.1, 0.15) is 38.7 Å². The van der Waals surface area contributed by atoms with Crippen molar-refractivity contribution in [3.63, 3.8) is 0 Å². The Morgan fingerprint density at radius 1 is 1.03 bits per heavy atom. The minimum absolute atomic E-state index is 0.0918. The summed E-state index contributed by atoms with van der Waals surface area (Å²) in [5, 5.41) is 11.7. The molecule has 7 heteroatoms. The number of nitrogens with zero attached hydrogens (tertiary/aromatic N) is 3. The lowest BCUT2D eigenvalue weighted by Gasteiger charge is -2.27. The lowest BCUT2D eigenvalue weighted by molar-refractivity contribution is -0.118. The number of hydrogen-bond donors (Lipinski definition) is 1. The zero-order valence-electron chi connectivity index (χ0n) is 19.7. The molecule has 0 saturated carbocycles. The van der Waals surface area contributed by atoms with Gasteiger partial charge >= 0.3 is 0 Å². The van der Waals surface area contributed by atoms with Gasteiger partial charge in [0.1, 0.15) is 5.60 Å². The third kappa shape index (κ3) is 4.98. The minimum Gasteiger partial charge on any atom is -0.483 e. The monoisotopic (exact) mass is 458 g/mol. The average Bonchev–Trinajstić information content (AvgIpc) is 3.18. The number of para-hydroxylation sites is 1. The van der Waals surface area contributed by atoms with E-state index in [0.29, 0.717) is 11.4 Å². The summed E-state index contributed by atoms with van der Waals surface area (Å²) in [6.07, 6.45) is 4.53. The molecule has 2 aromatic carbocycles. The maximum absolute atomic E-state index is 12.5. The zero-order chi connectivity index (χ0) is 23.5. The van der Waals surface area contributed by atoms with Crippen molar-refractivity contribution in [2.75, 3.05) is 29.9 Å². The Balaban J connectivity index is 1.17. The molecule has 0 bridgehead atoms. The first-order chi connectivity index (χ1) is 16.5. The zero-order valence-corrected chi connectivity index (χ0v) is 19.7. The molecule has 1 saturated heterocycles.